The number of benzene rings is 1. The lowest BCUT2D eigenvalue weighted by atomic mass is 10.0. The number of rotatable bonds is 48. The number of imidazole rings is 1. The number of carboxylic acid groups (broad SMARTS) is 2. The smallest absolute Gasteiger partial charge is 0.326 e. The van der Waals surface area contributed by atoms with Crippen LogP contribution in [0.15, 0.2) is 43.0 Å². The minimum Gasteiger partial charge on any atom is -0.481 e. The van der Waals surface area contributed by atoms with Crippen molar-refractivity contribution in [1.29, 1.82) is 0 Å². The third-order valence-corrected chi connectivity index (χ3v) is 17.3. The van der Waals surface area contributed by atoms with E-state index in [9.17, 15) is 87.5 Å². The number of hydrogen-bond acceptors (Lipinski definition) is 24. The van der Waals surface area contributed by atoms with Crippen molar-refractivity contribution in [1.82, 2.24) is 89.0 Å². The Hall–Kier alpha value is -9.81. The van der Waals surface area contributed by atoms with Crippen LogP contribution in [0.2, 0.25) is 0 Å². The van der Waals surface area contributed by atoms with Gasteiger partial charge in [-0.2, -0.15) is 0 Å². The topological polar surface area (TPSA) is 654 Å². The number of carboxylic acids is 2. The third-order valence-electron chi connectivity index (χ3n) is 17.3. The van der Waals surface area contributed by atoms with Gasteiger partial charge in [0.1, 0.15) is 85.1 Å². The molecule has 3 aromatic rings. The minimum absolute atomic E-state index is 0.00624. The zero-order chi connectivity index (χ0) is 79.8. The van der Waals surface area contributed by atoms with E-state index in [1.165, 1.54) is 38.2 Å². The highest BCUT2D eigenvalue weighted by molar-refractivity contribution is 6.00. The summed E-state index contributed by atoms with van der Waals surface area (Å²) < 4.78 is 0. The molecule has 1 aliphatic rings. The predicted octanol–water partition coefficient (Wildman–Crippen LogP) is -7.20. The molecule has 1 aliphatic heterocycles. The lowest BCUT2D eigenvalue weighted by Gasteiger charge is -2.30. The Morgan fingerprint density at radius 2 is 1.08 bits per heavy atom. The summed E-state index contributed by atoms with van der Waals surface area (Å²) in [6.07, 6.45) is 1.62. The SMILES string of the molecule is CC(C)C[C@H](NC(=O)CNC(=O)[C@H](CCCNC(N)N)NC(=O)[C@@H](N)CO)C(=O)N[C@@H](CCC(=O)O)C(=O)N[C@H](C(=O)N[C@@H](CO)C(=O)N[C@@H](Cc1cnc[nH]1)C(=O)N[C@@H](CCCNC(N)N)C(=O)N[C@@H](CC(C)C)C(=O)N[C@@H](C)C(=O)N1CCC[C@H]1C(=O)N[C@@H](Cc1c[nH]c2ccccc12)C(=O)O)C(C)C. The third kappa shape index (κ3) is 30.5. The van der Waals surface area contributed by atoms with Crippen LogP contribution in [0, 0.1) is 17.8 Å². The molecule has 12 amide bonds. The maximum atomic E-state index is 14.6. The number of nitrogens with zero attached hydrogens (tertiary/aromatic N) is 2. The molecule has 2 aromatic heterocycles. The van der Waals surface area contributed by atoms with Gasteiger partial charge >= 0.3 is 11.9 Å². The van der Waals surface area contributed by atoms with Crippen molar-refractivity contribution in [3.05, 3.63) is 54.2 Å². The predicted molar refractivity (Wildman–Crippen MR) is 386 cm³/mol. The fourth-order valence-corrected chi connectivity index (χ4v) is 11.6. The average molecular weight is 1510 g/mol. The van der Waals surface area contributed by atoms with Crippen molar-refractivity contribution in [3.63, 3.8) is 0 Å². The highest BCUT2D eigenvalue weighted by atomic mass is 16.4. The largest absolute Gasteiger partial charge is 0.481 e. The number of nitrogens with two attached hydrogens (primary N) is 5. The Kier molecular flexibility index (Phi) is 37.7. The molecule has 596 valence electrons. The van der Waals surface area contributed by atoms with E-state index in [1.807, 2.05) is 18.2 Å². The quantitative estimate of drug-likeness (QED) is 0.0184. The summed E-state index contributed by atoms with van der Waals surface area (Å²) in [6.45, 7) is 9.23. The van der Waals surface area contributed by atoms with Gasteiger partial charge in [-0.1, -0.05) is 59.7 Å². The molecule has 0 bridgehead atoms. The molecule has 4 rings (SSSR count). The number of aromatic amines is 2. The van der Waals surface area contributed by atoms with Gasteiger partial charge in [0, 0.05) is 54.8 Å². The molecule has 0 aliphatic carbocycles. The number of carbonyl (C=O) groups is 14. The average Bonchev–Trinajstić information content (AvgIpc) is 1.69. The Labute approximate surface area is 618 Å². The van der Waals surface area contributed by atoms with E-state index in [0.29, 0.717) is 12.0 Å². The van der Waals surface area contributed by atoms with Crippen molar-refractivity contribution in [3.8, 4) is 0 Å². The summed E-state index contributed by atoms with van der Waals surface area (Å²) in [5.41, 5.74) is 29.8. The molecule has 107 heavy (non-hydrogen) atoms. The van der Waals surface area contributed by atoms with E-state index >= 15 is 0 Å². The van der Waals surface area contributed by atoms with Crippen LogP contribution in [-0.4, -0.2) is 248 Å². The molecule has 1 aromatic carbocycles. The lowest BCUT2D eigenvalue weighted by Crippen LogP contribution is -2.62. The molecule has 40 heteroatoms. The van der Waals surface area contributed by atoms with Crippen molar-refractivity contribution in [2.24, 2.45) is 46.4 Å². The fraction of sp³-hybridized carbons (Fsp3) is 0.627. The van der Waals surface area contributed by atoms with E-state index < -0.39 is 206 Å². The zero-order valence-electron chi connectivity index (χ0n) is 61.4. The second kappa shape index (κ2) is 45.0. The standard InChI is InChI=1S/C67H110N22O18/c1-33(2)23-45(80-51(92)29-77-55(96)42(15-10-20-74-66(69)70)81-54(95)40(68)30-90)59(100)83-44(18-19-52(93)94)57(98)88-53(35(5)6)63(104)87-49(31-91)61(102)85-47(26-38-28-73-32-78-38)60(101)82-43(16-11-21-75-67(71)72)56(97)84-46(24-34(3)4)58(99)79-36(7)64(105)89-22-12-17-50(89)62(103)86-48(65(106)107)25-37-27-76-41-14-9-8-13-39(37)41/h8-9,13-14,27-28,32-36,40,42-50,53,66-67,74-76,90-91H,10-12,15-26,29-31,68-72H2,1-7H3,(H,73,78)(H,77,96)(H,79,99)(H,80,92)(H,81,95)(H,82,101)(H,83,100)(H,84,97)(H,85,102)(H,86,103)(H,87,104)(H,88,98)(H,93,94)(H,106,107)/t36-,40-,42-,43-,44-,45-,46-,47-,48-,49-,50-,53-/m0/s1. The highest BCUT2D eigenvalue weighted by Gasteiger charge is 2.41. The number of para-hydroxylation sites is 1. The molecule has 1 fully saturated rings. The summed E-state index contributed by atoms with van der Waals surface area (Å²) in [4.78, 5) is 203. The minimum atomic E-state index is -1.85. The number of H-pyrrole nitrogens is 2. The Bertz CT molecular complexity index is 3460. The maximum Gasteiger partial charge on any atom is 0.326 e. The number of likely N-dealkylation sites (tertiary alicyclic amines) is 1. The maximum absolute atomic E-state index is 14.6. The van der Waals surface area contributed by atoms with Gasteiger partial charge in [0.15, 0.2) is 0 Å². The van der Waals surface area contributed by atoms with E-state index in [0.717, 1.165) is 10.9 Å². The van der Waals surface area contributed by atoms with Gasteiger partial charge in [-0.3, -0.25) is 73.0 Å². The van der Waals surface area contributed by atoms with Crippen molar-refractivity contribution >= 4 is 93.7 Å². The van der Waals surface area contributed by atoms with E-state index in [2.05, 4.69) is 84.1 Å². The van der Waals surface area contributed by atoms with Crippen LogP contribution < -0.4 is 97.8 Å². The van der Waals surface area contributed by atoms with Gasteiger partial charge in [0.25, 0.3) is 0 Å². The molecule has 0 radical (unpaired) electrons. The number of aromatic nitrogens is 3. The van der Waals surface area contributed by atoms with Gasteiger partial charge < -0.3 is 122 Å². The van der Waals surface area contributed by atoms with E-state index in [4.69, 9.17) is 28.7 Å². The molecule has 0 unspecified atom stereocenters. The Morgan fingerprint density at radius 1 is 0.561 bits per heavy atom. The summed E-state index contributed by atoms with van der Waals surface area (Å²) in [7, 11) is 0. The van der Waals surface area contributed by atoms with Gasteiger partial charge in [-0.15, -0.1) is 0 Å². The lowest BCUT2D eigenvalue weighted by molar-refractivity contribution is -0.144. The zero-order valence-corrected chi connectivity index (χ0v) is 61.4. The summed E-state index contributed by atoms with van der Waals surface area (Å²) in [5, 5.41) is 73.8. The number of hydrogen-bond donors (Lipinski definition) is 24. The van der Waals surface area contributed by atoms with Gasteiger partial charge in [0.05, 0.1) is 26.1 Å². The van der Waals surface area contributed by atoms with Gasteiger partial charge in [0.2, 0.25) is 70.9 Å². The number of nitrogens with one attached hydrogen (secondary N) is 15. The number of carbonyl (C=O) groups excluding carboxylic acids is 12. The Morgan fingerprint density at radius 3 is 1.64 bits per heavy atom. The second-order valence-electron chi connectivity index (χ2n) is 27.5. The Balaban J connectivity index is 1.49. The van der Waals surface area contributed by atoms with Crippen molar-refractivity contribution < 1.29 is 87.5 Å². The number of fused-ring (bicyclic) bond motifs is 1. The van der Waals surface area contributed by atoms with Crippen molar-refractivity contribution in [2.75, 3.05) is 39.4 Å². The molecule has 0 saturated carbocycles. The second-order valence-corrected chi connectivity index (χ2v) is 27.5. The first-order chi connectivity index (χ1) is 50.5. The monoisotopic (exact) mass is 1510 g/mol. The molecule has 1 saturated heterocycles. The number of aliphatic hydroxyl groups excluding tert-OH is 2. The normalized spacial score (nSPS) is 16.0. The summed E-state index contributed by atoms with van der Waals surface area (Å²) in [5.74, 6) is -15.0. The van der Waals surface area contributed by atoms with Crippen LogP contribution in [0.4, 0.5) is 0 Å². The summed E-state index contributed by atoms with van der Waals surface area (Å²) in [6, 6.07) is -9.98. The van der Waals surface area contributed by atoms with Crippen LogP contribution in [0.5, 0.6) is 0 Å². The van der Waals surface area contributed by atoms with E-state index in [-0.39, 0.29) is 95.0 Å². The van der Waals surface area contributed by atoms with Crippen LogP contribution in [0.25, 0.3) is 10.9 Å². The van der Waals surface area contributed by atoms with Gasteiger partial charge in [-0.05, 0) is 107 Å². The molecule has 40 nitrogen and oxygen atoms in total. The molecule has 12 atom stereocenters. The van der Waals surface area contributed by atoms with Crippen LogP contribution >= 0.6 is 0 Å². The number of amides is 12. The van der Waals surface area contributed by atoms with Crippen LogP contribution in [0.1, 0.15) is 124 Å². The first-order valence-electron chi connectivity index (χ1n) is 35.6. The first-order valence-corrected chi connectivity index (χ1v) is 35.6. The molecular weight excluding hydrogens is 1400 g/mol. The number of aliphatic hydroxyl groups is 2. The van der Waals surface area contributed by atoms with Crippen molar-refractivity contribution in [2.45, 2.75) is 211 Å². The highest BCUT2D eigenvalue weighted by Crippen LogP contribution is 2.22. The van der Waals surface area contributed by atoms with E-state index in [1.54, 1.807) is 40.0 Å². The number of aliphatic carboxylic acids is 2. The van der Waals surface area contributed by atoms with Crippen LogP contribution in [-0.2, 0) is 80.0 Å². The summed E-state index contributed by atoms with van der Waals surface area (Å²) >= 11 is 0. The molecule has 29 N–H and O–H groups in total. The fourth-order valence-electron chi connectivity index (χ4n) is 11.6. The van der Waals surface area contributed by atoms with Crippen LogP contribution in [0.3, 0.4) is 0 Å². The molecule has 3 heterocycles. The first kappa shape index (κ1) is 89.6. The van der Waals surface area contributed by atoms with Gasteiger partial charge in [-0.25, -0.2) is 9.78 Å². The molecule has 0 spiro atoms. The molecular formula is C67H110N22O18.